The Morgan fingerprint density at radius 3 is 2.71 bits per heavy atom. The van der Waals surface area contributed by atoms with E-state index in [4.69, 9.17) is 4.74 Å². The monoisotopic (exact) mass is 260 g/mol. The summed E-state index contributed by atoms with van der Waals surface area (Å²) >= 11 is -2.26. The number of methoxy groups -OCH3 is 1. The number of benzene rings is 1. The Morgan fingerprint density at radius 1 is 1.41 bits per heavy atom. The predicted octanol–water partition coefficient (Wildman–Crippen LogP) is -1.88. The third kappa shape index (κ3) is 3.17. The molecule has 0 aliphatic heterocycles. The van der Waals surface area contributed by atoms with Crippen LogP contribution < -0.4 is 34.3 Å². The van der Waals surface area contributed by atoms with Crippen LogP contribution in [0, 0.1) is 0 Å². The molecule has 7 heteroatoms. The average Bonchev–Trinajstić information content (AvgIpc) is 2.78. The van der Waals surface area contributed by atoms with Crippen LogP contribution in [0.5, 0.6) is 5.75 Å². The maximum atomic E-state index is 10.7. The maximum absolute atomic E-state index is 10.7. The molecule has 1 atom stereocenters. The summed E-state index contributed by atoms with van der Waals surface area (Å²) < 4.78 is 28.0. The normalized spacial score (nSPS) is 11.6. The molecule has 0 N–H and O–H groups in total. The molecule has 1 aromatic heterocycles. The van der Waals surface area contributed by atoms with Crippen LogP contribution in [-0.4, -0.2) is 25.7 Å². The fourth-order valence-electron chi connectivity index (χ4n) is 1.34. The molecule has 1 heterocycles. The van der Waals surface area contributed by atoms with Gasteiger partial charge in [0.2, 0.25) is 0 Å². The van der Waals surface area contributed by atoms with E-state index >= 15 is 0 Å². The van der Waals surface area contributed by atoms with Crippen LogP contribution >= 0.6 is 0 Å². The summed E-state index contributed by atoms with van der Waals surface area (Å²) in [7, 11) is 1.55. The number of aromatic nitrogens is 2. The molecule has 0 fully saturated rings. The summed E-state index contributed by atoms with van der Waals surface area (Å²) in [4.78, 5) is 0.144. The summed E-state index contributed by atoms with van der Waals surface area (Å²) in [5.41, 5.74) is 0.696. The van der Waals surface area contributed by atoms with Crippen molar-refractivity contribution in [1.82, 2.24) is 9.78 Å². The molecule has 0 radical (unpaired) electrons. The van der Waals surface area contributed by atoms with Gasteiger partial charge in [-0.1, -0.05) is 12.1 Å². The van der Waals surface area contributed by atoms with Crippen LogP contribution in [0.25, 0.3) is 5.69 Å². The molecule has 2 aromatic rings. The number of hydrogen-bond donors (Lipinski definition) is 0. The van der Waals surface area contributed by atoms with Crippen molar-refractivity contribution in [3.63, 3.8) is 0 Å². The standard InChI is InChI=1S/C10H10N2O3S.Na/c1-15-10-5-3-2-4-9(10)12-7-8(6-11-12)16(13)14;/h2-7H,1H3,(H,13,14);/q;+1/p-1. The maximum Gasteiger partial charge on any atom is 1.00 e. The van der Waals surface area contributed by atoms with E-state index in [0.717, 1.165) is 0 Å². The van der Waals surface area contributed by atoms with E-state index in [0.29, 0.717) is 11.4 Å². The smallest absolute Gasteiger partial charge is 0.768 e. The van der Waals surface area contributed by atoms with Crippen molar-refractivity contribution >= 4 is 11.1 Å². The van der Waals surface area contributed by atoms with Crippen molar-refractivity contribution in [3.05, 3.63) is 36.7 Å². The van der Waals surface area contributed by atoms with E-state index < -0.39 is 11.1 Å². The van der Waals surface area contributed by atoms with E-state index in [2.05, 4.69) is 5.10 Å². The molecular formula is C10H9N2NaO3S. The second kappa shape index (κ2) is 6.32. The Balaban J connectivity index is 0.00000144. The summed E-state index contributed by atoms with van der Waals surface area (Å²) in [6.45, 7) is 0. The first-order valence-electron chi connectivity index (χ1n) is 4.49. The van der Waals surface area contributed by atoms with Gasteiger partial charge < -0.3 is 9.29 Å². The zero-order chi connectivity index (χ0) is 11.5. The Morgan fingerprint density at radius 2 is 2.12 bits per heavy atom. The molecule has 0 spiro atoms. The third-order valence-corrected chi connectivity index (χ3v) is 2.68. The molecule has 84 valence electrons. The molecule has 0 bridgehead atoms. The molecule has 0 aliphatic carbocycles. The van der Waals surface area contributed by atoms with Gasteiger partial charge in [0.15, 0.2) is 0 Å². The molecule has 5 nitrogen and oxygen atoms in total. The third-order valence-electron chi connectivity index (χ3n) is 2.08. The first-order chi connectivity index (χ1) is 7.72. The van der Waals surface area contributed by atoms with Crippen molar-refractivity contribution in [1.29, 1.82) is 0 Å². The van der Waals surface area contributed by atoms with Gasteiger partial charge in [0.05, 0.1) is 18.2 Å². The van der Waals surface area contributed by atoms with Gasteiger partial charge in [0.25, 0.3) is 0 Å². The van der Waals surface area contributed by atoms with Crippen LogP contribution in [0.2, 0.25) is 0 Å². The van der Waals surface area contributed by atoms with E-state index in [1.54, 1.807) is 19.2 Å². The van der Waals surface area contributed by atoms with Crippen molar-refractivity contribution in [2.45, 2.75) is 4.90 Å². The number of hydrogen-bond acceptors (Lipinski definition) is 4. The average molecular weight is 260 g/mol. The minimum absolute atomic E-state index is 0. The van der Waals surface area contributed by atoms with Crippen molar-refractivity contribution in [3.8, 4) is 11.4 Å². The molecule has 0 saturated heterocycles. The first-order valence-corrected chi connectivity index (χ1v) is 5.57. The predicted molar refractivity (Wildman–Crippen MR) is 57.3 cm³/mol. The van der Waals surface area contributed by atoms with Crippen molar-refractivity contribution in [2.75, 3.05) is 7.11 Å². The van der Waals surface area contributed by atoms with Crippen molar-refractivity contribution in [2.24, 2.45) is 0 Å². The fraction of sp³-hybridized carbons (Fsp3) is 0.100. The minimum atomic E-state index is -2.26. The van der Waals surface area contributed by atoms with Crippen LogP contribution in [-0.2, 0) is 11.1 Å². The van der Waals surface area contributed by atoms with Crippen LogP contribution in [0.15, 0.2) is 41.6 Å². The Kier molecular flexibility index (Phi) is 5.35. The quantitative estimate of drug-likeness (QED) is 0.479. The SMILES string of the molecule is COc1ccccc1-n1cc(S(=O)[O-])cn1.[Na+]. The molecule has 1 aromatic carbocycles. The number of nitrogens with zero attached hydrogens (tertiary/aromatic N) is 2. The second-order valence-corrected chi connectivity index (χ2v) is 3.97. The Bertz CT molecular complexity index is 530. The minimum Gasteiger partial charge on any atom is -0.768 e. The zero-order valence-corrected chi connectivity index (χ0v) is 12.3. The van der Waals surface area contributed by atoms with Gasteiger partial charge in [-0.05, 0) is 23.2 Å². The number of rotatable bonds is 3. The van der Waals surface area contributed by atoms with Gasteiger partial charge in [-0.2, -0.15) is 5.10 Å². The zero-order valence-electron chi connectivity index (χ0n) is 9.49. The molecule has 1 unspecified atom stereocenters. The largest absolute Gasteiger partial charge is 1.00 e. The van der Waals surface area contributed by atoms with Crippen LogP contribution in [0.4, 0.5) is 0 Å². The topological polar surface area (TPSA) is 67.2 Å². The summed E-state index contributed by atoms with van der Waals surface area (Å²) in [5.74, 6) is 0.633. The molecule has 17 heavy (non-hydrogen) atoms. The Labute approximate surface area is 123 Å². The molecule has 2 rings (SSSR count). The van der Waals surface area contributed by atoms with Gasteiger partial charge in [0.1, 0.15) is 11.4 Å². The molecule has 0 saturated carbocycles. The number of para-hydroxylation sites is 2. The van der Waals surface area contributed by atoms with Crippen LogP contribution in [0.1, 0.15) is 0 Å². The summed E-state index contributed by atoms with van der Waals surface area (Å²) in [6.07, 6.45) is 2.72. The molecular weight excluding hydrogens is 251 g/mol. The Hall–Kier alpha value is -0.660. The fourth-order valence-corrected chi connectivity index (χ4v) is 1.66. The molecule has 0 amide bonds. The number of ether oxygens (including phenoxy) is 1. The van der Waals surface area contributed by atoms with Crippen molar-refractivity contribution < 1.29 is 43.1 Å². The van der Waals surface area contributed by atoms with E-state index in [-0.39, 0.29) is 34.5 Å². The van der Waals surface area contributed by atoms with Gasteiger partial charge in [-0.15, -0.1) is 0 Å². The van der Waals surface area contributed by atoms with Crippen LogP contribution in [0.3, 0.4) is 0 Å². The van der Waals surface area contributed by atoms with Gasteiger partial charge in [-0.25, -0.2) is 4.68 Å². The summed E-state index contributed by atoms with van der Waals surface area (Å²) in [6, 6.07) is 7.24. The van der Waals surface area contributed by atoms with Gasteiger partial charge >= 0.3 is 29.6 Å². The van der Waals surface area contributed by atoms with E-state index in [1.807, 2.05) is 12.1 Å². The van der Waals surface area contributed by atoms with E-state index in [1.165, 1.54) is 17.1 Å². The first kappa shape index (κ1) is 14.4. The molecule has 0 aliphatic rings. The second-order valence-electron chi connectivity index (χ2n) is 3.03. The van der Waals surface area contributed by atoms with Gasteiger partial charge in [-0.3, -0.25) is 4.21 Å². The van der Waals surface area contributed by atoms with E-state index in [9.17, 15) is 8.76 Å². The summed E-state index contributed by atoms with van der Waals surface area (Å²) in [5, 5.41) is 3.96. The van der Waals surface area contributed by atoms with Gasteiger partial charge in [0, 0.05) is 6.20 Å².